The Labute approximate surface area is 112 Å². The van der Waals surface area contributed by atoms with E-state index in [2.05, 4.69) is 27.7 Å². The van der Waals surface area contributed by atoms with E-state index in [1.807, 2.05) is 0 Å². The minimum Gasteiger partial charge on any atom is -0.396 e. The first kappa shape index (κ1) is 14.3. The Morgan fingerprint density at radius 1 is 1.11 bits per heavy atom. The van der Waals surface area contributed by atoms with Gasteiger partial charge in [0.15, 0.2) is 0 Å². The van der Waals surface area contributed by atoms with Crippen LogP contribution in [0.1, 0.15) is 59.8 Å². The SMILES string of the molecule is CC1CCC2C(C(O)CCC2(C)C)C1(C)CCO. The summed E-state index contributed by atoms with van der Waals surface area (Å²) in [6, 6.07) is 0. The number of aliphatic hydroxyl groups excluding tert-OH is 2. The Balaban J connectivity index is 2.34. The fourth-order valence-electron chi connectivity index (χ4n) is 4.85. The van der Waals surface area contributed by atoms with Crippen molar-refractivity contribution in [2.45, 2.75) is 65.9 Å². The predicted molar refractivity (Wildman–Crippen MR) is 74.2 cm³/mol. The molecule has 2 saturated carbocycles. The molecule has 2 rings (SSSR count). The number of rotatable bonds is 2. The maximum Gasteiger partial charge on any atom is 0.0576 e. The molecule has 0 aromatic rings. The summed E-state index contributed by atoms with van der Waals surface area (Å²) in [4.78, 5) is 0. The molecule has 0 amide bonds. The molecule has 0 saturated heterocycles. The highest BCUT2D eigenvalue weighted by Gasteiger charge is 2.54. The standard InChI is InChI=1S/C16H30O2/c1-11-5-6-12-14(16(11,4)9-10-17)13(18)7-8-15(12,2)3/h11-14,17-18H,5-10H2,1-4H3. The summed E-state index contributed by atoms with van der Waals surface area (Å²) in [7, 11) is 0. The van der Waals surface area contributed by atoms with Crippen LogP contribution < -0.4 is 0 Å². The lowest BCUT2D eigenvalue weighted by Crippen LogP contribution is -2.55. The molecule has 0 heterocycles. The molecule has 2 nitrogen and oxygen atoms in total. The molecule has 0 spiro atoms. The lowest BCUT2D eigenvalue weighted by atomic mass is 9.47. The summed E-state index contributed by atoms with van der Waals surface area (Å²) >= 11 is 0. The summed E-state index contributed by atoms with van der Waals surface area (Å²) in [5.41, 5.74) is 0.454. The van der Waals surface area contributed by atoms with Gasteiger partial charge in [0.25, 0.3) is 0 Å². The summed E-state index contributed by atoms with van der Waals surface area (Å²) < 4.78 is 0. The van der Waals surface area contributed by atoms with Crippen molar-refractivity contribution in [1.29, 1.82) is 0 Å². The quantitative estimate of drug-likeness (QED) is 0.794. The van der Waals surface area contributed by atoms with Crippen LogP contribution in [0.2, 0.25) is 0 Å². The number of fused-ring (bicyclic) bond motifs is 1. The number of hydrogen-bond acceptors (Lipinski definition) is 2. The van der Waals surface area contributed by atoms with Gasteiger partial charge < -0.3 is 10.2 Å². The molecule has 2 fully saturated rings. The third kappa shape index (κ3) is 2.12. The van der Waals surface area contributed by atoms with E-state index in [4.69, 9.17) is 0 Å². The molecule has 0 radical (unpaired) electrons. The Morgan fingerprint density at radius 2 is 1.78 bits per heavy atom. The van der Waals surface area contributed by atoms with Crippen LogP contribution in [0.15, 0.2) is 0 Å². The molecular weight excluding hydrogens is 224 g/mol. The van der Waals surface area contributed by atoms with Crippen molar-refractivity contribution in [1.82, 2.24) is 0 Å². The van der Waals surface area contributed by atoms with Gasteiger partial charge in [-0.25, -0.2) is 0 Å². The molecular formula is C16H30O2. The monoisotopic (exact) mass is 254 g/mol. The summed E-state index contributed by atoms with van der Waals surface area (Å²) in [5, 5.41) is 20.0. The van der Waals surface area contributed by atoms with Gasteiger partial charge in [-0.05, 0) is 60.7 Å². The first-order chi connectivity index (χ1) is 8.33. The molecule has 2 N–H and O–H groups in total. The van der Waals surface area contributed by atoms with E-state index in [9.17, 15) is 10.2 Å². The van der Waals surface area contributed by atoms with Crippen LogP contribution >= 0.6 is 0 Å². The van der Waals surface area contributed by atoms with E-state index in [1.165, 1.54) is 12.8 Å². The molecule has 0 aromatic carbocycles. The van der Waals surface area contributed by atoms with E-state index in [-0.39, 0.29) is 18.1 Å². The van der Waals surface area contributed by atoms with E-state index in [0.29, 0.717) is 23.2 Å². The van der Waals surface area contributed by atoms with Crippen molar-refractivity contribution >= 4 is 0 Å². The first-order valence-corrected chi connectivity index (χ1v) is 7.62. The van der Waals surface area contributed by atoms with E-state index in [0.717, 1.165) is 19.3 Å². The zero-order valence-electron chi connectivity index (χ0n) is 12.4. The Morgan fingerprint density at radius 3 is 2.39 bits per heavy atom. The molecule has 2 aliphatic carbocycles. The van der Waals surface area contributed by atoms with Gasteiger partial charge >= 0.3 is 0 Å². The van der Waals surface area contributed by atoms with Crippen LogP contribution in [0, 0.1) is 28.6 Å². The van der Waals surface area contributed by atoms with Crippen molar-refractivity contribution < 1.29 is 10.2 Å². The molecule has 2 heteroatoms. The topological polar surface area (TPSA) is 40.5 Å². The van der Waals surface area contributed by atoms with Crippen molar-refractivity contribution in [2.75, 3.05) is 6.61 Å². The molecule has 18 heavy (non-hydrogen) atoms. The highest BCUT2D eigenvalue weighted by atomic mass is 16.3. The zero-order chi connectivity index (χ0) is 13.6. The molecule has 5 atom stereocenters. The largest absolute Gasteiger partial charge is 0.396 e. The van der Waals surface area contributed by atoms with Crippen molar-refractivity contribution in [3.05, 3.63) is 0 Å². The zero-order valence-corrected chi connectivity index (χ0v) is 12.4. The maximum atomic E-state index is 10.5. The van der Waals surface area contributed by atoms with Gasteiger partial charge in [0.05, 0.1) is 6.10 Å². The second kappa shape index (κ2) is 4.79. The predicted octanol–water partition coefficient (Wildman–Crippen LogP) is 3.22. The molecule has 2 aliphatic rings. The second-order valence-electron chi connectivity index (χ2n) is 7.68. The summed E-state index contributed by atoms with van der Waals surface area (Å²) in [5.74, 6) is 1.60. The van der Waals surface area contributed by atoms with E-state index >= 15 is 0 Å². The molecule has 0 aromatic heterocycles. The van der Waals surface area contributed by atoms with E-state index < -0.39 is 0 Å². The summed E-state index contributed by atoms with van der Waals surface area (Å²) in [6.07, 6.45) is 5.23. The molecule has 5 unspecified atom stereocenters. The van der Waals surface area contributed by atoms with Gasteiger partial charge in [-0.2, -0.15) is 0 Å². The van der Waals surface area contributed by atoms with Gasteiger partial charge in [-0.1, -0.05) is 27.7 Å². The first-order valence-electron chi connectivity index (χ1n) is 7.62. The van der Waals surface area contributed by atoms with Crippen LogP contribution in [0.4, 0.5) is 0 Å². The van der Waals surface area contributed by atoms with Gasteiger partial charge in [-0.15, -0.1) is 0 Å². The lowest BCUT2D eigenvalue weighted by molar-refractivity contribution is -0.143. The normalized spacial score (nSPS) is 47.7. The fourth-order valence-corrected chi connectivity index (χ4v) is 4.85. The lowest BCUT2D eigenvalue weighted by Gasteiger charge is -2.59. The average Bonchev–Trinajstić information content (AvgIpc) is 2.28. The number of hydrogen-bond donors (Lipinski definition) is 2. The Bertz CT molecular complexity index is 299. The van der Waals surface area contributed by atoms with Gasteiger partial charge in [0.2, 0.25) is 0 Å². The van der Waals surface area contributed by atoms with E-state index in [1.54, 1.807) is 0 Å². The Kier molecular flexibility index (Phi) is 3.81. The third-order valence-electron chi connectivity index (χ3n) is 6.38. The van der Waals surface area contributed by atoms with Crippen LogP contribution in [-0.4, -0.2) is 22.9 Å². The van der Waals surface area contributed by atoms with Crippen molar-refractivity contribution in [3.8, 4) is 0 Å². The van der Waals surface area contributed by atoms with Crippen LogP contribution in [0.25, 0.3) is 0 Å². The van der Waals surface area contributed by atoms with Crippen LogP contribution in [0.5, 0.6) is 0 Å². The number of aliphatic hydroxyl groups is 2. The van der Waals surface area contributed by atoms with Gasteiger partial charge in [-0.3, -0.25) is 0 Å². The molecule has 0 bridgehead atoms. The van der Waals surface area contributed by atoms with Gasteiger partial charge in [0, 0.05) is 6.61 Å². The molecule has 0 aliphatic heterocycles. The minimum absolute atomic E-state index is 0.106. The maximum absolute atomic E-state index is 10.5. The van der Waals surface area contributed by atoms with Crippen LogP contribution in [-0.2, 0) is 0 Å². The van der Waals surface area contributed by atoms with Crippen LogP contribution in [0.3, 0.4) is 0 Å². The fraction of sp³-hybridized carbons (Fsp3) is 1.00. The third-order valence-corrected chi connectivity index (χ3v) is 6.38. The van der Waals surface area contributed by atoms with Gasteiger partial charge in [0.1, 0.15) is 0 Å². The average molecular weight is 254 g/mol. The minimum atomic E-state index is -0.165. The smallest absolute Gasteiger partial charge is 0.0576 e. The highest BCUT2D eigenvalue weighted by molar-refractivity contribution is 5.04. The van der Waals surface area contributed by atoms with Crippen molar-refractivity contribution in [2.24, 2.45) is 28.6 Å². The second-order valence-corrected chi connectivity index (χ2v) is 7.68. The van der Waals surface area contributed by atoms with Crippen molar-refractivity contribution in [3.63, 3.8) is 0 Å². The Hall–Kier alpha value is -0.0800. The highest BCUT2D eigenvalue weighted by Crippen LogP contribution is 2.59. The summed E-state index contributed by atoms with van der Waals surface area (Å²) in [6.45, 7) is 9.59. The molecule has 106 valence electrons.